The average Bonchev–Trinajstić information content (AvgIpc) is 2.56. The van der Waals surface area contributed by atoms with E-state index in [-0.39, 0.29) is 6.10 Å². The van der Waals surface area contributed by atoms with E-state index in [0.29, 0.717) is 16.9 Å². The lowest BCUT2D eigenvalue weighted by molar-refractivity contribution is -0.0490. The summed E-state index contributed by atoms with van der Waals surface area (Å²) in [6.07, 6.45) is 6.06. The quantitative estimate of drug-likeness (QED) is 0.747. The van der Waals surface area contributed by atoms with Crippen molar-refractivity contribution in [3.05, 3.63) is 0 Å². The average molecular weight is 240 g/mol. The Morgan fingerprint density at radius 2 is 2.06 bits per heavy atom. The molecule has 2 rings (SSSR count). The van der Waals surface area contributed by atoms with E-state index in [1.165, 1.54) is 19.3 Å². The molecule has 1 N–H and O–H groups in total. The van der Waals surface area contributed by atoms with Crippen LogP contribution < -0.4 is 0 Å². The first-order valence-electron chi connectivity index (χ1n) is 7.17. The normalized spacial score (nSPS) is 40.8. The summed E-state index contributed by atoms with van der Waals surface area (Å²) in [7, 11) is 0. The number of fused-ring (bicyclic) bond motifs is 2. The third-order valence-electron chi connectivity index (χ3n) is 5.80. The smallest absolute Gasteiger partial charge is 0.0636 e. The summed E-state index contributed by atoms with van der Waals surface area (Å²) in [5, 5.41) is 9.23. The van der Waals surface area contributed by atoms with Crippen LogP contribution in [0.1, 0.15) is 59.8 Å². The predicted molar refractivity (Wildman–Crippen MR) is 69.9 cm³/mol. The van der Waals surface area contributed by atoms with Crippen molar-refractivity contribution in [1.29, 1.82) is 0 Å². The second kappa shape index (κ2) is 4.55. The van der Waals surface area contributed by atoms with Crippen molar-refractivity contribution in [1.82, 2.24) is 0 Å². The fourth-order valence-corrected chi connectivity index (χ4v) is 3.99. The Bertz CT molecular complexity index is 272. The van der Waals surface area contributed by atoms with Gasteiger partial charge in [-0.1, -0.05) is 20.8 Å². The molecule has 0 radical (unpaired) electrons. The Labute approximate surface area is 106 Å². The number of hydrogen-bond donors (Lipinski definition) is 1. The second-order valence-corrected chi connectivity index (χ2v) is 6.96. The molecule has 0 amide bonds. The minimum absolute atomic E-state index is 0.189. The first kappa shape index (κ1) is 13.4. The molecule has 2 bridgehead atoms. The fourth-order valence-electron chi connectivity index (χ4n) is 3.99. The molecule has 4 unspecified atom stereocenters. The highest BCUT2D eigenvalue weighted by Gasteiger charge is 2.61. The third kappa shape index (κ3) is 2.15. The lowest BCUT2D eigenvalue weighted by Crippen LogP contribution is -2.37. The lowest BCUT2D eigenvalue weighted by Gasteiger charge is -2.39. The Kier molecular flexibility index (Phi) is 3.57. The van der Waals surface area contributed by atoms with Crippen LogP contribution in [0.5, 0.6) is 0 Å². The van der Waals surface area contributed by atoms with Crippen LogP contribution in [-0.2, 0) is 4.74 Å². The zero-order valence-corrected chi connectivity index (χ0v) is 11.8. The molecule has 2 fully saturated rings. The van der Waals surface area contributed by atoms with Crippen LogP contribution in [0.2, 0.25) is 0 Å². The maximum atomic E-state index is 9.23. The number of hydrogen-bond acceptors (Lipinski definition) is 2. The summed E-state index contributed by atoms with van der Waals surface area (Å²) < 4.78 is 6.11. The molecular weight excluding hydrogens is 212 g/mol. The van der Waals surface area contributed by atoms with E-state index in [0.717, 1.165) is 25.4 Å². The van der Waals surface area contributed by atoms with Crippen LogP contribution in [0, 0.1) is 16.7 Å². The van der Waals surface area contributed by atoms with Gasteiger partial charge in [-0.2, -0.15) is 0 Å². The van der Waals surface area contributed by atoms with E-state index >= 15 is 0 Å². The molecule has 0 aromatic rings. The SMILES string of the molecule is CC(O)CCCOC1CC2CCC1(C)C2(C)C. The largest absolute Gasteiger partial charge is 0.393 e. The summed E-state index contributed by atoms with van der Waals surface area (Å²) >= 11 is 0. The van der Waals surface area contributed by atoms with E-state index in [1.807, 2.05) is 6.92 Å². The molecule has 17 heavy (non-hydrogen) atoms. The highest BCUT2D eigenvalue weighted by atomic mass is 16.5. The predicted octanol–water partition coefficient (Wildman–Crippen LogP) is 3.38. The van der Waals surface area contributed by atoms with Gasteiger partial charge in [-0.05, 0) is 55.8 Å². The molecule has 4 atom stereocenters. The minimum Gasteiger partial charge on any atom is -0.393 e. The molecule has 0 spiro atoms. The third-order valence-corrected chi connectivity index (χ3v) is 5.80. The first-order chi connectivity index (χ1) is 7.88. The van der Waals surface area contributed by atoms with Gasteiger partial charge < -0.3 is 9.84 Å². The van der Waals surface area contributed by atoms with E-state index < -0.39 is 0 Å². The number of aliphatic hydroxyl groups is 1. The second-order valence-electron chi connectivity index (χ2n) is 6.96. The maximum absolute atomic E-state index is 9.23. The van der Waals surface area contributed by atoms with Gasteiger partial charge in [0.25, 0.3) is 0 Å². The van der Waals surface area contributed by atoms with Gasteiger partial charge in [-0.15, -0.1) is 0 Å². The maximum Gasteiger partial charge on any atom is 0.0636 e. The van der Waals surface area contributed by atoms with Crippen LogP contribution in [-0.4, -0.2) is 23.9 Å². The van der Waals surface area contributed by atoms with Gasteiger partial charge in [0.15, 0.2) is 0 Å². The van der Waals surface area contributed by atoms with Crippen molar-refractivity contribution in [2.24, 2.45) is 16.7 Å². The molecule has 0 saturated heterocycles. The van der Waals surface area contributed by atoms with Crippen molar-refractivity contribution in [2.45, 2.75) is 72.0 Å². The van der Waals surface area contributed by atoms with Crippen LogP contribution in [0.4, 0.5) is 0 Å². The van der Waals surface area contributed by atoms with Crippen molar-refractivity contribution < 1.29 is 9.84 Å². The lowest BCUT2D eigenvalue weighted by atomic mass is 9.70. The molecule has 100 valence electrons. The van der Waals surface area contributed by atoms with Gasteiger partial charge in [0, 0.05) is 6.61 Å². The summed E-state index contributed by atoms with van der Waals surface area (Å²) in [6, 6.07) is 0. The van der Waals surface area contributed by atoms with E-state index in [2.05, 4.69) is 20.8 Å². The van der Waals surface area contributed by atoms with Gasteiger partial charge in [-0.25, -0.2) is 0 Å². The van der Waals surface area contributed by atoms with Crippen LogP contribution in [0.15, 0.2) is 0 Å². The summed E-state index contributed by atoms with van der Waals surface area (Å²) in [6.45, 7) is 9.92. The van der Waals surface area contributed by atoms with Crippen LogP contribution >= 0.6 is 0 Å². The van der Waals surface area contributed by atoms with E-state index in [1.54, 1.807) is 0 Å². The minimum atomic E-state index is -0.189. The summed E-state index contributed by atoms with van der Waals surface area (Å²) in [5.74, 6) is 0.856. The zero-order chi connectivity index (χ0) is 12.7. The Balaban J connectivity index is 1.84. The molecule has 2 heteroatoms. The van der Waals surface area contributed by atoms with Gasteiger partial charge >= 0.3 is 0 Å². The highest BCUT2D eigenvalue weighted by Crippen LogP contribution is 2.66. The number of rotatable bonds is 5. The van der Waals surface area contributed by atoms with Crippen molar-refractivity contribution >= 4 is 0 Å². The monoisotopic (exact) mass is 240 g/mol. The topological polar surface area (TPSA) is 29.5 Å². The molecule has 2 aliphatic carbocycles. The molecule has 0 aromatic carbocycles. The molecular formula is C15H28O2. The Morgan fingerprint density at radius 3 is 2.53 bits per heavy atom. The first-order valence-corrected chi connectivity index (χ1v) is 7.17. The van der Waals surface area contributed by atoms with E-state index in [4.69, 9.17) is 4.74 Å². The summed E-state index contributed by atoms with van der Waals surface area (Å²) in [4.78, 5) is 0. The Morgan fingerprint density at radius 1 is 1.35 bits per heavy atom. The van der Waals surface area contributed by atoms with Crippen LogP contribution in [0.25, 0.3) is 0 Å². The standard InChI is InChI=1S/C15H28O2/c1-11(16)6-5-9-17-13-10-12-7-8-15(13,4)14(12,2)3/h11-13,16H,5-10H2,1-4H3. The van der Waals surface area contributed by atoms with Crippen molar-refractivity contribution in [3.8, 4) is 0 Å². The van der Waals surface area contributed by atoms with E-state index in [9.17, 15) is 5.11 Å². The van der Waals surface area contributed by atoms with Crippen molar-refractivity contribution in [3.63, 3.8) is 0 Å². The molecule has 0 aromatic heterocycles. The molecule has 2 nitrogen and oxygen atoms in total. The van der Waals surface area contributed by atoms with Gasteiger partial charge in [0.2, 0.25) is 0 Å². The zero-order valence-electron chi connectivity index (χ0n) is 11.8. The van der Waals surface area contributed by atoms with Crippen molar-refractivity contribution in [2.75, 3.05) is 6.61 Å². The number of aliphatic hydroxyl groups excluding tert-OH is 1. The highest BCUT2D eigenvalue weighted by molar-refractivity contribution is 5.11. The fraction of sp³-hybridized carbons (Fsp3) is 1.00. The molecule has 0 heterocycles. The van der Waals surface area contributed by atoms with Crippen LogP contribution in [0.3, 0.4) is 0 Å². The molecule has 2 saturated carbocycles. The Hall–Kier alpha value is -0.0800. The molecule has 2 aliphatic rings. The van der Waals surface area contributed by atoms with Gasteiger partial charge in [0.05, 0.1) is 12.2 Å². The van der Waals surface area contributed by atoms with Gasteiger partial charge in [0.1, 0.15) is 0 Å². The van der Waals surface area contributed by atoms with Gasteiger partial charge in [-0.3, -0.25) is 0 Å². The summed E-state index contributed by atoms with van der Waals surface area (Å²) in [5.41, 5.74) is 0.824. The molecule has 0 aliphatic heterocycles. The number of ether oxygens (including phenoxy) is 1.